The van der Waals surface area contributed by atoms with Crippen molar-refractivity contribution in [2.45, 2.75) is 58.5 Å². The minimum atomic E-state index is -0.475. The van der Waals surface area contributed by atoms with Gasteiger partial charge in [0.05, 0.1) is 12.4 Å². The van der Waals surface area contributed by atoms with Crippen LogP contribution in [0, 0.1) is 0 Å². The van der Waals surface area contributed by atoms with Crippen molar-refractivity contribution in [2.75, 3.05) is 6.61 Å². The zero-order chi connectivity index (χ0) is 16.1. The number of hydrogen-bond acceptors (Lipinski definition) is 5. The van der Waals surface area contributed by atoms with Gasteiger partial charge in [-0.25, -0.2) is 4.79 Å². The Labute approximate surface area is 126 Å². The normalized spacial score (nSPS) is 12.6. The maximum atomic E-state index is 11.5. The van der Waals surface area contributed by atoms with Gasteiger partial charge >= 0.3 is 11.9 Å². The highest BCUT2D eigenvalue weighted by Crippen LogP contribution is 2.07. The first-order valence-corrected chi connectivity index (χ1v) is 7.36. The second-order valence-corrected chi connectivity index (χ2v) is 4.76. The number of carbonyl (C=O) groups is 2. The number of rotatable bonds is 11. The zero-order valence-corrected chi connectivity index (χ0v) is 13.0. The molecule has 5 nitrogen and oxygen atoms in total. The van der Waals surface area contributed by atoms with Crippen LogP contribution in [0.4, 0.5) is 0 Å². The van der Waals surface area contributed by atoms with Crippen molar-refractivity contribution in [1.82, 2.24) is 0 Å². The molecular weight excluding hydrogens is 272 g/mol. The largest absolute Gasteiger partial charge is 0.513 e. The first-order chi connectivity index (χ1) is 9.99. The van der Waals surface area contributed by atoms with Gasteiger partial charge in [0.1, 0.15) is 6.10 Å². The first kappa shape index (κ1) is 19.2. The maximum Gasteiger partial charge on any atom is 0.330 e. The molecule has 1 N–H and O–H groups in total. The molecule has 0 fully saturated rings. The number of allylic oxidation sites excluding steroid dienone is 2. The fraction of sp³-hybridized carbons (Fsp3) is 0.625. The number of aliphatic hydroxyl groups is 1. The SMILES string of the molecule is C=CC(=O)OCCC(C)OC(=O)CCCC/C=C(/O)CC. The highest BCUT2D eigenvalue weighted by atomic mass is 16.6. The van der Waals surface area contributed by atoms with Crippen LogP contribution >= 0.6 is 0 Å². The molecule has 0 aliphatic carbocycles. The Morgan fingerprint density at radius 2 is 2.05 bits per heavy atom. The van der Waals surface area contributed by atoms with Crippen LogP contribution in [-0.4, -0.2) is 29.8 Å². The number of ether oxygens (including phenoxy) is 2. The van der Waals surface area contributed by atoms with Gasteiger partial charge in [-0.3, -0.25) is 4.79 Å². The van der Waals surface area contributed by atoms with E-state index in [9.17, 15) is 14.7 Å². The predicted molar refractivity (Wildman–Crippen MR) is 80.8 cm³/mol. The van der Waals surface area contributed by atoms with Crippen LogP contribution in [-0.2, 0) is 19.1 Å². The third-order valence-corrected chi connectivity index (χ3v) is 2.85. The minimum absolute atomic E-state index is 0.209. The molecule has 0 saturated carbocycles. The molecule has 0 amide bonds. The van der Waals surface area contributed by atoms with Gasteiger partial charge in [-0.05, 0) is 32.3 Å². The van der Waals surface area contributed by atoms with E-state index in [4.69, 9.17) is 9.47 Å². The molecule has 0 rings (SSSR count). The van der Waals surface area contributed by atoms with Gasteiger partial charge in [-0.2, -0.15) is 0 Å². The summed E-state index contributed by atoms with van der Waals surface area (Å²) >= 11 is 0. The van der Waals surface area contributed by atoms with Crippen molar-refractivity contribution in [1.29, 1.82) is 0 Å². The minimum Gasteiger partial charge on any atom is -0.513 e. The summed E-state index contributed by atoms with van der Waals surface area (Å²) in [7, 11) is 0. The van der Waals surface area contributed by atoms with Crippen LogP contribution in [0.5, 0.6) is 0 Å². The van der Waals surface area contributed by atoms with Crippen LogP contribution in [0.25, 0.3) is 0 Å². The van der Waals surface area contributed by atoms with Crippen molar-refractivity contribution >= 4 is 11.9 Å². The maximum absolute atomic E-state index is 11.5. The van der Waals surface area contributed by atoms with Gasteiger partial charge < -0.3 is 14.6 Å². The highest BCUT2D eigenvalue weighted by molar-refractivity contribution is 5.81. The number of esters is 2. The number of aliphatic hydroxyl groups excluding tert-OH is 1. The summed E-state index contributed by atoms with van der Waals surface area (Å²) in [6.07, 6.45) is 6.39. The summed E-state index contributed by atoms with van der Waals surface area (Å²) < 4.78 is 10.0. The molecule has 0 bridgehead atoms. The van der Waals surface area contributed by atoms with Crippen LogP contribution in [0.1, 0.15) is 52.4 Å². The van der Waals surface area contributed by atoms with Gasteiger partial charge in [0, 0.05) is 25.3 Å². The summed E-state index contributed by atoms with van der Waals surface area (Å²) in [5.74, 6) is -0.335. The van der Waals surface area contributed by atoms with E-state index in [1.54, 1.807) is 13.0 Å². The standard InChI is InChI=1S/C16H26O5/c1-4-14(17)9-7-6-8-10-16(19)21-13(3)11-12-20-15(18)5-2/h5,9,13,17H,2,4,6-8,10-12H2,1,3H3/b14-9+. The molecule has 1 unspecified atom stereocenters. The second kappa shape index (κ2) is 12.0. The molecule has 0 spiro atoms. The molecule has 0 aliphatic heterocycles. The second-order valence-electron chi connectivity index (χ2n) is 4.76. The molecule has 1 atom stereocenters. The van der Waals surface area contributed by atoms with E-state index in [-0.39, 0.29) is 18.7 Å². The van der Waals surface area contributed by atoms with Crippen LogP contribution in [0.15, 0.2) is 24.5 Å². The van der Waals surface area contributed by atoms with Crippen molar-refractivity contribution in [3.8, 4) is 0 Å². The molecule has 0 aliphatic rings. The van der Waals surface area contributed by atoms with Gasteiger partial charge in [0.25, 0.3) is 0 Å². The van der Waals surface area contributed by atoms with Gasteiger partial charge in [0.15, 0.2) is 0 Å². The highest BCUT2D eigenvalue weighted by Gasteiger charge is 2.09. The summed E-state index contributed by atoms with van der Waals surface area (Å²) in [6, 6.07) is 0. The zero-order valence-electron chi connectivity index (χ0n) is 13.0. The van der Waals surface area contributed by atoms with Crippen molar-refractivity contribution in [3.63, 3.8) is 0 Å². The van der Waals surface area contributed by atoms with E-state index in [0.717, 1.165) is 25.3 Å². The Bertz CT molecular complexity index is 360. The average molecular weight is 298 g/mol. The van der Waals surface area contributed by atoms with Crippen molar-refractivity contribution in [2.24, 2.45) is 0 Å². The smallest absolute Gasteiger partial charge is 0.330 e. The van der Waals surface area contributed by atoms with E-state index in [1.165, 1.54) is 0 Å². The van der Waals surface area contributed by atoms with E-state index < -0.39 is 5.97 Å². The Balaban J connectivity index is 3.64. The summed E-state index contributed by atoms with van der Waals surface area (Å²) in [6.45, 7) is 7.15. The van der Waals surface area contributed by atoms with E-state index >= 15 is 0 Å². The Kier molecular flexibility index (Phi) is 11.0. The Morgan fingerprint density at radius 3 is 2.67 bits per heavy atom. The fourth-order valence-corrected chi connectivity index (χ4v) is 1.55. The number of hydrogen-bond donors (Lipinski definition) is 1. The summed E-state index contributed by atoms with van der Waals surface area (Å²) in [5, 5.41) is 9.25. The quantitative estimate of drug-likeness (QED) is 0.274. The van der Waals surface area contributed by atoms with E-state index in [2.05, 4.69) is 6.58 Å². The molecule has 0 aromatic carbocycles. The fourth-order valence-electron chi connectivity index (χ4n) is 1.55. The number of carbonyl (C=O) groups excluding carboxylic acids is 2. The monoisotopic (exact) mass is 298 g/mol. The Morgan fingerprint density at radius 1 is 1.33 bits per heavy atom. The lowest BCUT2D eigenvalue weighted by Gasteiger charge is -2.12. The van der Waals surface area contributed by atoms with Crippen molar-refractivity contribution in [3.05, 3.63) is 24.5 Å². The van der Waals surface area contributed by atoms with E-state index in [1.807, 2.05) is 6.92 Å². The molecular formula is C16H26O5. The topological polar surface area (TPSA) is 72.8 Å². The van der Waals surface area contributed by atoms with E-state index in [0.29, 0.717) is 25.0 Å². The van der Waals surface area contributed by atoms with Gasteiger partial charge in [-0.15, -0.1) is 0 Å². The Hall–Kier alpha value is -1.78. The molecule has 21 heavy (non-hydrogen) atoms. The first-order valence-electron chi connectivity index (χ1n) is 7.36. The van der Waals surface area contributed by atoms with Crippen LogP contribution < -0.4 is 0 Å². The predicted octanol–water partition coefficient (Wildman–Crippen LogP) is 3.45. The lowest BCUT2D eigenvalue weighted by Crippen LogP contribution is -2.17. The van der Waals surface area contributed by atoms with Crippen molar-refractivity contribution < 1.29 is 24.2 Å². The third kappa shape index (κ3) is 11.7. The lowest BCUT2D eigenvalue weighted by molar-refractivity contribution is -0.149. The van der Waals surface area contributed by atoms with Gasteiger partial charge in [-0.1, -0.05) is 13.5 Å². The molecule has 5 heteroatoms. The lowest BCUT2D eigenvalue weighted by atomic mass is 10.1. The number of unbranched alkanes of at least 4 members (excludes halogenated alkanes) is 2. The average Bonchev–Trinajstić information content (AvgIpc) is 2.46. The van der Waals surface area contributed by atoms with Crippen LogP contribution in [0.3, 0.4) is 0 Å². The molecule has 0 radical (unpaired) electrons. The molecule has 0 saturated heterocycles. The molecule has 120 valence electrons. The molecule has 0 heterocycles. The summed E-state index contributed by atoms with van der Waals surface area (Å²) in [5.41, 5.74) is 0. The molecule has 0 aromatic heterocycles. The third-order valence-electron chi connectivity index (χ3n) is 2.85. The van der Waals surface area contributed by atoms with Gasteiger partial charge in [0.2, 0.25) is 0 Å². The summed E-state index contributed by atoms with van der Waals surface area (Å²) in [4.78, 5) is 22.4. The molecule has 0 aromatic rings. The van der Waals surface area contributed by atoms with Crippen LogP contribution in [0.2, 0.25) is 0 Å².